The van der Waals surface area contributed by atoms with Gasteiger partial charge in [0.25, 0.3) is 15.9 Å². The zero-order valence-electron chi connectivity index (χ0n) is 14.2. The van der Waals surface area contributed by atoms with Gasteiger partial charge in [0.1, 0.15) is 16.4 Å². The lowest BCUT2D eigenvalue weighted by atomic mass is 10.1. The van der Waals surface area contributed by atoms with E-state index >= 15 is 0 Å². The number of carbonyl (C=O) groups excluding carboxylic acids is 1. The molecule has 0 aliphatic rings. The number of aryl methyl sites for hydroxylation is 1. The largest absolute Gasteiger partial charge is 0.337 e. The molecule has 9 heteroatoms. The molecule has 0 saturated carbocycles. The Balaban J connectivity index is 1.81. The van der Waals surface area contributed by atoms with E-state index < -0.39 is 15.9 Å². The molecular weight excluding hydrogens is 409 g/mol. The molecule has 3 rings (SSSR count). The van der Waals surface area contributed by atoms with Crippen LogP contribution in [0.1, 0.15) is 21.9 Å². The van der Waals surface area contributed by atoms with Crippen molar-refractivity contribution < 1.29 is 13.2 Å². The van der Waals surface area contributed by atoms with Crippen LogP contribution in [-0.4, -0.2) is 23.9 Å². The average molecular weight is 424 g/mol. The van der Waals surface area contributed by atoms with Crippen LogP contribution in [0.2, 0.25) is 10.0 Å². The van der Waals surface area contributed by atoms with Crippen LogP contribution in [0.5, 0.6) is 0 Å². The summed E-state index contributed by atoms with van der Waals surface area (Å²) in [7, 11) is -2.38. The standard InChI is InChI=1S/C18H15Cl2N3O3S/c1-23-11-15(21-17(23)10-12-5-4-6-13(19)9-12)18(24)22-27(25,26)16-8-3-2-7-14(16)20/h2-9,11H,10H2,1H3,(H,22,24). The van der Waals surface area contributed by atoms with E-state index in [0.717, 1.165) is 5.56 Å². The van der Waals surface area contributed by atoms with Crippen LogP contribution >= 0.6 is 23.2 Å². The van der Waals surface area contributed by atoms with Gasteiger partial charge in [-0.25, -0.2) is 18.1 Å². The number of aromatic nitrogens is 2. The molecule has 0 saturated heterocycles. The molecule has 0 fully saturated rings. The maximum absolute atomic E-state index is 12.4. The second-order valence-electron chi connectivity index (χ2n) is 5.83. The predicted molar refractivity (Wildman–Crippen MR) is 104 cm³/mol. The molecule has 0 bridgehead atoms. The lowest BCUT2D eigenvalue weighted by molar-refractivity contribution is 0.0977. The Labute approximate surface area is 166 Å². The van der Waals surface area contributed by atoms with Gasteiger partial charge < -0.3 is 4.57 Å². The van der Waals surface area contributed by atoms with Crippen molar-refractivity contribution >= 4 is 39.1 Å². The Morgan fingerprint density at radius 3 is 2.59 bits per heavy atom. The molecule has 3 aromatic rings. The van der Waals surface area contributed by atoms with E-state index in [0.29, 0.717) is 17.3 Å². The summed E-state index contributed by atoms with van der Waals surface area (Å²) in [5.74, 6) is -0.236. The summed E-state index contributed by atoms with van der Waals surface area (Å²) in [6.07, 6.45) is 1.92. The zero-order chi connectivity index (χ0) is 19.6. The second kappa shape index (κ2) is 7.72. The van der Waals surface area contributed by atoms with E-state index in [1.165, 1.54) is 24.4 Å². The Morgan fingerprint density at radius 2 is 1.89 bits per heavy atom. The Bertz CT molecular complexity index is 1110. The molecule has 0 aliphatic heterocycles. The van der Waals surface area contributed by atoms with Gasteiger partial charge in [0.2, 0.25) is 0 Å². The van der Waals surface area contributed by atoms with Crippen molar-refractivity contribution in [1.82, 2.24) is 14.3 Å². The Hall–Kier alpha value is -2.35. The first kappa shape index (κ1) is 19.4. The third-order valence-electron chi connectivity index (χ3n) is 3.81. The van der Waals surface area contributed by atoms with Crippen LogP contribution < -0.4 is 4.72 Å². The summed E-state index contributed by atoms with van der Waals surface area (Å²) in [6.45, 7) is 0. The number of imidazole rings is 1. The molecule has 6 nitrogen and oxygen atoms in total. The molecule has 0 aliphatic carbocycles. The Morgan fingerprint density at radius 1 is 1.15 bits per heavy atom. The van der Waals surface area contributed by atoms with Crippen molar-refractivity contribution in [2.24, 2.45) is 7.05 Å². The van der Waals surface area contributed by atoms with E-state index in [4.69, 9.17) is 23.2 Å². The summed E-state index contributed by atoms with van der Waals surface area (Å²) >= 11 is 11.9. The molecule has 0 radical (unpaired) electrons. The Kier molecular flexibility index (Phi) is 5.55. The number of hydrogen-bond donors (Lipinski definition) is 1. The number of hydrogen-bond acceptors (Lipinski definition) is 4. The number of carbonyl (C=O) groups is 1. The molecule has 0 atom stereocenters. The zero-order valence-corrected chi connectivity index (χ0v) is 16.5. The summed E-state index contributed by atoms with van der Waals surface area (Å²) in [4.78, 5) is 16.5. The quantitative estimate of drug-likeness (QED) is 0.681. The van der Waals surface area contributed by atoms with Crippen molar-refractivity contribution in [3.05, 3.63) is 81.9 Å². The average Bonchev–Trinajstić information content (AvgIpc) is 2.96. The van der Waals surface area contributed by atoms with Gasteiger partial charge in [-0.15, -0.1) is 0 Å². The maximum Gasteiger partial charge on any atom is 0.285 e. The van der Waals surface area contributed by atoms with Gasteiger partial charge in [-0.2, -0.15) is 0 Å². The molecule has 0 spiro atoms. The number of nitrogens with one attached hydrogen (secondary N) is 1. The highest BCUT2D eigenvalue weighted by Gasteiger charge is 2.23. The number of rotatable bonds is 5. The van der Waals surface area contributed by atoms with E-state index in [1.807, 2.05) is 16.9 Å². The lowest BCUT2D eigenvalue weighted by Gasteiger charge is -2.06. The fraction of sp³-hybridized carbons (Fsp3) is 0.111. The fourth-order valence-corrected chi connectivity index (χ4v) is 4.19. The van der Waals surface area contributed by atoms with Crippen molar-refractivity contribution in [3.8, 4) is 0 Å². The van der Waals surface area contributed by atoms with Gasteiger partial charge >= 0.3 is 0 Å². The van der Waals surface area contributed by atoms with Crippen LogP contribution in [0.4, 0.5) is 0 Å². The fourth-order valence-electron chi connectivity index (χ4n) is 2.50. The first-order chi connectivity index (χ1) is 12.8. The maximum atomic E-state index is 12.4. The summed E-state index contributed by atoms with van der Waals surface area (Å²) < 4.78 is 28.4. The van der Waals surface area contributed by atoms with E-state index in [-0.39, 0.29) is 15.6 Å². The number of halogens is 2. The molecule has 1 aromatic heterocycles. The first-order valence-corrected chi connectivity index (χ1v) is 10.1. The molecule has 1 N–H and O–H groups in total. The molecule has 0 unspecified atom stereocenters. The minimum Gasteiger partial charge on any atom is -0.337 e. The van der Waals surface area contributed by atoms with Gasteiger partial charge in [0.05, 0.1) is 5.02 Å². The van der Waals surface area contributed by atoms with Crippen LogP contribution in [0.3, 0.4) is 0 Å². The molecule has 1 heterocycles. The van der Waals surface area contributed by atoms with Gasteiger partial charge in [-0.3, -0.25) is 4.79 Å². The van der Waals surface area contributed by atoms with Gasteiger partial charge in [0, 0.05) is 24.7 Å². The number of benzene rings is 2. The molecule has 27 heavy (non-hydrogen) atoms. The van der Waals surface area contributed by atoms with Crippen molar-refractivity contribution in [2.45, 2.75) is 11.3 Å². The van der Waals surface area contributed by atoms with E-state index in [2.05, 4.69) is 4.98 Å². The highest BCUT2D eigenvalue weighted by atomic mass is 35.5. The third-order valence-corrected chi connectivity index (χ3v) is 5.88. The van der Waals surface area contributed by atoms with Crippen LogP contribution in [0.15, 0.2) is 59.6 Å². The van der Waals surface area contributed by atoms with Crippen molar-refractivity contribution in [1.29, 1.82) is 0 Å². The smallest absolute Gasteiger partial charge is 0.285 e. The van der Waals surface area contributed by atoms with Crippen LogP contribution in [-0.2, 0) is 23.5 Å². The number of sulfonamides is 1. The van der Waals surface area contributed by atoms with Gasteiger partial charge in [0.15, 0.2) is 0 Å². The minimum atomic E-state index is -4.10. The normalized spacial score (nSPS) is 11.4. The van der Waals surface area contributed by atoms with Crippen LogP contribution in [0, 0.1) is 0 Å². The van der Waals surface area contributed by atoms with E-state index in [1.54, 1.807) is 29.8 Å². The SMILES string of the molecule is Cn1cc(C(=O)NS(=O)(=O)c2ccccc2Cl)nc1Cc1cccc(Cl)c1. The number of amides is 1. The highest BCUT2D eigenvalue weighted by Crippen LogP contribution is 2.20. The monoisotopic (exact) mass is 423 g/mol. The lowest BCUT2D eigenvalue weighted by Crippen LogP contribution is -2.31. The second-order valence-corrected chi connectivity index (χ2v) is 8.32. The van der Waals surface area contributed by atoms with Gasteiger partial charge in [-0.1, -0.05) is 47.5 Å². The molecule has 1 amide bonds. The minimum absolute atomic E-state index is 0.00911. The van der Waals surface area contributed by atoms with E-state index in [9.17, 15) is 13.2 Å². The topological polar surface area (TPSA) is 81.1 Å². The highest BCUT2D eigenvalue weighted by molar-refractivity contribution is 7.90. The molecular formula is C18H15Cl2N3O3S. The summed E-state index contributed by atoms with van der Waals surface area (Å²) in [5.41, 5.74) is 0.914. The van der Waals surface area contributed by atoms with Crippen molar-refractivity contribution in [2.75, 3.05) is 0 Å². The molecule has 2 aromatic carbocycles. The third kappa shape index (κ3) is 4.50. The van der Waals surface area contributed by atoms with Crippen molar-refractivity contribution in [3.63, 3.8) is 0 Å². The summed E-state index contributed by atoms with van der Waals surface area (Å²) in [5, 5.41) is 0.631. The molecule has 140 valence electrons. The predicted octanol–water partition coefficient (Wildman–Crippen LogP) is 3.44. The summed E-state index contributed by atoms with van der Waals surface area (Å²) in [6, 6.07) is 13.2. The number of nitrogens with zero attached hydrogens (tertiary/aromatic N) is 2. The van der Waals surface area contributed by atoms with Crippen LogP contribution in [0.25, 0.3) is 0 Å². The first-order valence-electron chi connectivity index (χ1n) is 7.84. The van der Waals surface area contributed by atoms with Gasteiger partial charge in [-0.05, 0) is 29.8 Å².